The van der Waals surface area contributed by atoms with E-state index in [1.807, 2.05) is 0 Å². The van der Waals surface area contributed by atoms with E-state index in [0.29, 0.717) is 0 Å². The Kier molecular flexibility index (Phi) is 4.53. The predicted octanol–water partition coefficient (Wildman–Crippen LogP) is 0.434. The number of carbonyl (C=O) groups is 1. The summed E-state index contributed by atoms with van der Waals surface area (Å²) in [5, 5.41) is 0.157. The van der Waals surface area contributed by atoms with Crippen molar-refractivity contribution >= 4 is 33.0 Å². The van der Waals surface area contributed by atoms with E-state index in [2.05, 4.69) is 4.98 Å². The standard InChI is InChI=1S/C10H14ClN3O3S/c1-14(3-4-18(2,16)17)10(15)7-5-9(11)13-6-8(7)12/h5-6H,3-4,12H2,1-2H3. The van der Waals surface area contributed by atoms with Crippen molar-refractivity contribution < 1.29 is 13.2 Å². The molecule has 18 heavy (non-hydrogen) atoms. The summed E-state index contributed by atoms with van der Waals surface area (Å²) in [4.78, 5) is 17.0. The van der Waals surface area contributed by atoms with Crippen LogP contribution < -0.4 is 5.73 Å². The van der Waals surface area contributed by atoms with Crippen LogP contribution in [-0.2, 0) is 9.84 Å². The second-order valence-corrected chi connectivity index (χ2v) is 6.60. The average Bonchev–Trinajstić information content (AvgIpc) is 2.27. The fraction of sp³-hybridized carbons (Fsp3) is 0.400. The lowest BCUT2D eigenvalue weighted by molar-refractivity contribution is 0.0804. The van der Waals surface area contributed by atoms with Crippen molar-refractivity contribution in [3.8, 4) is 0 Å². The third kappa shape index (κ3) is 4.15. The van der Waals surface area contributed by atoms with Gasteiger partial charge in [-0.3, -0.25) is 4.79 Å². The first-order chi connectivity index (χ1) is 8.20. The van der Waals surface area contributed by atoms with Crippen LogP contribution in [0.3, 0.4) is 0 Å². The van der Waals surface area contributed by atoms with E-state index >= 15 is 0 Å². The number of sulfone groups is 1. The molecule has 0 atom stereocenters. The SMILES string of the molecule is CN(CCS(C)(=O)=O)C(=O)c1cc(Cl)ncc1N. The Morgan fingerprint density at radius 1 is 1.56 bits per heavy atom. The minimum Gasteiger partial charge on any atom is -0.397 e. The molecule has 1 aromatic rings. The first-order valence-corrected chi connectivity index (χ1v) is 7.49. The van der Waals surface area contributed by atoms with E-state index < -0.39 is 9.84 Å². The number of nitrogens with zero attached hydrogens (tertiary/aromatic N) is 2. The minimum absolute atomic E-state index is 0.0943. The van der Waals surface area contributed by atoms with E-state index in [9.17, 15) is 13.2 Å². The lowest BCUT2D eigenvalue weighted by atomic mass is 10.2. The summed E-state index contributed by atoms with van der Waals surface area (Å²) in [5.74, 6) is -0.492. The maximum absolute atomic E-state index is 12.0. The van der Waals surface area contributed by atoms with Gasteiger partial charge in [0, 0.05) is 19.8 Å². The van der Waals surface area contributed by atoms with Crippen LogP contribution in [0.5, 0.6) is 0 Å². The number of rotatable bonds is 4. The molecule has 0 aliphatic rings. The second-order valence-electron chi connectivity index (χ2n) is 3.95. The highest BCUT2D eigenvalue weighted by molar-refractivity contribution is 7.90. The van der Waals surface area contributed by atoms with Crippen molar-refractivity contribution in [2.24, 2.45) is 0 Å². The molecule has 0 aliphatic heterocycles. The zero-order valence-electron chi connectivity index (χ0n) is 10.1. The second kappa shape index (κ2) is 5.53. The summed E-state index contributed by atoms with van der Waals surface area (Å²) in [5.41, 5.74) is 6.04. The molecule has 0 fully saturated rings. The average molecular weight is 292 g/mol. The van der Waals surface area contributed by atoms with Crippen molar-refractivity contribution in [3.63, 3.8) is 0 Å². The fourth-order valence-electron chi connectivity index (χ4n) is 1.24. The van der Waals surface area contributed by atoms with E-state index in [0.717, 1.165) is 6.26 Å². The molecule has 6 nitrogen and oxygen atoms in total. The highest BCUT2D eigenvalue weighted by atomic mass is 35.5. The molecule has 0 radical (unpaired) electrons. The van der Waals surface area contributed by atoms with Crippen LogP contribution in [-0.4, -0.2) is 49.8 Å². The number of pyridine rings is 1. The molecule has 0 saturated heterocycles. The molecular weight excluding hydrogens is 278 g/mol. The zero-order chi connectivity index (χ0) is 13.9. The lowest BCUT2D eigenvalue weighted by Crippen LogP contribution is -2.32. The third-order valence-corrected chi connectivity index (χ3v) is 3.41. The minimum atomic E-state index is -3.12. The molecule has 2 N–H and O–H groups in total. The molecule has 0 aliphatic carbocycles. The van der Waals surface area contributed by atoms with E-state index in [4.69, 9.17) is 17.3 Å². The largest absolute Gasteiger partial charge is 0.397 e. The summed E-state index contributed by atoms with van der Waals surface area (Å²) < 4.78 is 22.0. The van der Waals surface area contributed by atoms with Gasteiger partial charge in [0.2, 0.25) is 0 Å². The van der Waals surface area contributed by atoms with Gasteiger partial charge in [0.1, 0.15) is 15.0 Å². The van der Waals surface area contributed by atoms with Crippen LogP contribution in [0.15, 0.2) is 12.3 Å². The van der Waals surface area contributed by atoms with Crippen LogP contribution in [0, 0.1) is 0 Å². The van der Waals surface area contributed by atoms with Crippen molar-refractivity contribution in [1.82, 2.24) is 9.88 Å². The Balaban J connectivity index is 2.83. The van der Waals surface area contributed by atoms with Gasteiger partial charge in [-0.1, -0.05) is 11.6 Å². The van der Waals surface area contributed by atoms with Crippen LogP contribution in [0.2, 0.25) is 5.15 Å². The quantitative estimate of drug-likeness (QED) is 0.812. The molecular formula is C10H14ClN3O3S. The number of nitrogen functional groups attached to an aromatic ring is 1. The van der Waals surface area contributed by atoms with Crippen LogP contribution in [0.25, 0.3) is 0 Å². The van der Waals surface area contributed by atoms with Gasteiger partial charge in [-0.15, -0.1) is 0 Å². The summed E-state index contributed by atoms with van der Waals surface area (Å²) >= 11 is 5.68. The molecule has 1 rings (SSSR count). The first kappa shape index (κ1) is 14.7. The molecule has 0 aromatic carbocycles. The maximum Gasteiger partial charge on any atom is 0.255 e. The fourth-order valence-corrected chi connectivity index (χ4v) is 2.00. The molecule has 0 saturated carbocycles. The van der Waals surface area contributed by atoms with Crippen LogP contribution >= 0.6 is 11.6 Å². The van der Waals surface area contributed by atoms with Gasteiger partial charge in [-0.25, -0.2) is 13.4 Å². The molecule has 1 heterocycles. The molecule has 0 spiro atoms. The Morgan fingerprint density at radius 3 is 2.72 bits per heavy atom. The third-order valence-electron chi connectivity index (χ3n) is 2.28. The van der Waals surface area contributed by atoms with Gasteiger partial charge >= 0.3 is 0 Å². The van der Waals surface area contributed by atoms with Gasteiger partial charge < -0.3 is 10.6 Å². The van der Waals surface area contributed by atoms with Crippen molar-refractivity contribution in [3.05, 3.63) is 23.0 Å². The number of halogens is 1. The number of hydrogen-bond acceptors (Lipinski definition) is 5. The van der Waals surface area contributed by atoms with Gasteiger partial charge in [0.15, 0.2) is 0 Å². The Labute approximate surface area is 111 Å². The number of amides is 1. The highest BCUT2D eigenvalue weighted by Gasteiger charge is 2.16. The summed E-state index contributed by atoms with van der Waals surface area (Å²) in [6.07, 6.45) is 2.41. The summed E-state index contributed by atoms with van der Waals surface area (Å²) in [6.45, 7) is 0.0943. The van der Waals surface area contributed by atoms with Crippen molar-refractivity contribution in [2.75, 3.05) is 31.3 Å². The van der Waals surface area contributed by atoms with E-state index in [1.165, 1.54) is 24.2 Å². The molecule has 1 amide bonds. The Hall–Kier alpha value is -1.34. The molecule has 1 aromatic heterocycles. The van der Waals surface area contributed by atoms with Crippen molar-refractivity contribution in [2.45, 2.75) is 0 Å². The number of carbonyl (C=O) groups excluding carboxylic acids is 1. The molecule has 0 unspecified atom stereocenters. The van der Waals surface area contributed by atoms with E-state index in [1.54, 1.807) is 0 Å². The normalized spacial score (nSPS) is 11.3. The summed E-state index contributed by atoms with van der Waals surface area (Å²) in [7, 11) is -1.62. The van der Waals surface area contributed by atoms with Gasteiger partial charge in [0.25, 0.3) is 5.91 Å². The lowest BCUT2D eigenvalue weighted by Gasteiger charge is -2.17. The van der Waals surface area contributed by atoms with Gasteiger partial charge in [0.05, 0.1) is 23.2 Å². The van der Waals surface area contributed by atoms with Crippen molar-refractivity contribution in [1.29, 1.82) is 0 Å². The molecule has 0 bridgehead atoms. The Bertz CT molecular complexity index is 559. The number of aromatic nitrogens is 1. The number of hydrogen-bond donors (Lipinski definition) is 1. The first-order valence-electron chi connectivity index (χ1n) is 5.05. The van der Waals surface area contributed by atoms with Gasteiger partial charge in [-0.2, -0.15) is 0 Å². The van der Waals surface area contributed by atoms with Crippen LogP contribution in [0.4, 0.5) is 5.69 Å². The number of nitrogens with two attached hydrogens (primary N) is 1. The monoisotopic (exact) mass is 291 g/mol. The smallest absolute Gasteiger partial charge is 0.255 e. The van der Waals surface area contributed by atoms with Crippen LogP contribution in [0.1, 0.15) is 10.4 Å². The zero-order valence-corrected chi connectivity index (χ0v) is 11.6. The topological polar surface area (TPSA) is 93.4 Å². The molecule has 8 heteroatoms. The summed E-state index contributed by atoms with van der Waals surface area (Å²) in [6, 6.07) is 1.36. The Morgan fingerprint density at radius 2 is 2.17 bits per heavy atom. The predicted molar refractivity (Wildman–Crippen MR) is 70.3 cm³/mol. The van der Waals surface area contributed by atoms with Gasteiger partial charge in [-0.05, 0) is 6.07 Å². The number of anilines is 1. The molecule has 100 valence electrons. The highest BCUT2D eigenvalue weighted by Crippen LogP contribution is 2.16. The maximum atomic E-state index is 12.0. The van der Waals surface area contributed by atoms with E-state index in [-0.39, 0.29) is 34.6 Å².